The fourth-order valence-corrected chi connectivity index (χ4v) is 2.13. The molecule has 0 unspecified atom stereocenters. The molecular formula is C17H15ClFNO3. The smallest absolute Gasteiger partial charge is 0.343 e. The Labute approximate surface area is 138 Å². The number of ether oxygens (including phenoxy) is 1. The molecule has 2 aromatic carbocycles. The predicted octanol–water partition coefficient (Wildman–Crippen LogP) is 3.34. The van der Waals surface area contributed by atoms with Gasteiger partial charge >= 0.3 is 5.97 Å². The lowest BCUT2D eigenvalue weighted by Gasteiger charge is -2.14. The van der Waals surface area contributed by atoms with E-state index < -0.39 is 23.8 Å². The highest BCUT2D eigenvalue weighted by atomic mass is 35.5. The zero-order valence-corrected chi connectivity index (χ0v) is 13.1. The number of benzene rings is 2. The molecule has 120 valence electrons. The SMILES string of the molecule is C[C@@H](OC(=O)c1c(F)cccc1Cl)C(=O)NCc1ccccc1. The van der Waals surface area contributed by atoms with Gasteiger partial charge in [0.15, 0.2) is 6.10 Å². The zero-order valence-electron chi connectivity index (χ0n) is 12.4. The lowest BCUT2D eigenvalue weighted by molar-refractivity contribution is -0.129. The summed E-state index contributed by atoms with van der Waals surface area (Å²) in [6, 6.07) is 13.1. The van der Waals surface area contributed by atoms with Crippen LogP contribution in [0, 0.1) is 5.82 Å². The Balaban J connectivity index is 1.94. The molecule has 0 aliphatic rings. The Kier molecular flexibility index (Phi) is 5.71. The average Bonchev–Trinajstić information content (AvgIpc) is 2.53. The maximum atomic E-state index is 13.6. The third-order valence-corrected chi connectivity index (χ3v) is 3.44. The van der Waals surface area contributed by atoms with E-state index in [1.807, 2.05) is 30.3 Å². The van der Waals surface area contributed by atoms with Crippen LogP contribution in [0.1, 0.15) is 22.8 Å². The normalized spacial score (nSPS) is 11.6. The molecule has 4 nitrogen and oxygen atoms in total. The molecular weight excluding hydrogens is 321 g/mol. The third kappa shape index (κ3) is 4.53. The zero-order chi connectivity index (χ0) is 16.8. The van der Waals surface area contributed by atoms with Crippen molar-refractivity contribution in [2.45, 2.75) is 19.6 Å². The van der Waals surface area contributed by atoms with Gasteiger partial charge in [-0.05, 0) is 24.6 Å². The van der Waals surface area contributed by atoms with Gasteiger partial charge in [0.25, 0.3) is 5.91 Å². The molecule has 2 aromatic rings. The molecule has 1 amide bonds. The van der Waals surface area contributed by atoms with Crippen molar-refractivity contribution in [3.05, 3.63) is 70.5 Å². The van der Waals surface area contributed by atoms with Gasteiger partial charge in [0.2, 0.25) is 0 Å². The molecule has 0 spiro atoms. The quantitative estimate of drug-likeness (QED) is 0.853. The van der Waals surface area contributed by atoms with Gasteiger partial charge in [-0.1, -0.05) is 48.0 Å². The number of hydrogen-bond donors (Lipinski definition) is 1. The van der Waals surface area contributed by atoms with E-state index in [9.17, 15) is 14.0 Å². The fourth-order valence-electron chi connectivity index (χ4n) is 1.89. The van der Waals surface area contributed by atoms with E-state index in [0.717, 1.165) is 11.6 Å². The van der Waals surface area contributed by atoms with E-state index in [1.165, 1.54) is 19.1 Å². The molecule has 0 fully saturated rings. The van der Waals surface area contributed by atoms with Crippen molar-refractivity contribution in [1.29, 1.82) is 0 Å². The third-order valence-electron chi connectivity index (χ3n) is 3.13. The summed E-state index contributed by atoms with van der Waals surface area (Å²) in [4.78, 5) is 23.9. The summed E-state index contributed by atoms with van der Waals surface area (Å²) in [6.07, 6.45) is -1.07. The maximum absolute atomic E-state index is 13.6. The van der Waals surface area contributed by atoms with Crippen LogP contribution in [0.15, 0.2) is 48.5 Å². The van der Waals surface area contributed by atoms with Gasteiger partial charge in [0, 0.05) is 6.54 Å². The molecule has 1 atom stereocenters. The van der Waals surface area contributed by atoms with Crippen LogP contribution in [0.4, 0.5) is 4.39 Å². The van der Waals surface area contributed by atoms with E-state index in [0.29, 0.717) is 6.54 Å². The van der Waals surface area contributed by atoms with Crippen LogP contribution in [-0.2, 0) is 16.1 Å². The van der Waals surface area contributed by atoms with Gasteiger partial charge in [-0.2, -0.15) is 0 Å². The van der Waals surface area contributed by atoms with Gasteiger partial charge in [-0.25, -0.2) is 9.18 Å². The molecule has 0 saturated heterocycles. The largest absolute Gasteiger partial charge is 0.449 e. The summed E-state index contributed by atoms with van der Waals surface area (Å²) in [5.74, 6) is -2.25. The highest BCUT2D eigenvalue weighted by molar-refractivity contribution is 6.33. The van der Waals surface area contributed by atoms with Gasteiger partial charge in [-0.15, -0.1) is 0 Å². The topological polar surface area (TPSA) is 55.4 Å². The van der Waals surface area contributed by atoms with Crippen molar-refractivity contribution < 1.29 is 18.7 Å². The van der Waals surface area contributed by atoms with Crippen molar-refractivity contribution >= 4 is 23.5 Å². The van der Waals surface area contributed by atoms with E-state index in [-0.39, 0.29) is 10.6 Å². The number of hydrogen-bond acceptors (Lipinski definition) is 3. The van der Waals surface area contributed by atoms with Crippen LogP contribution >= 0.6 is 11.6 Å². The van der Waals surface area contributed by atoms with Crippen molar-refractivity contribution in [2.75, 3.05) is 0 Å². The van der Waals surface area contributed by atoms with Crippen molar-refractivity contribution in [2.24, 2.45) is 0 Å². The van der Waals surface area contributed by atoms with Crippen LogP contribution in [0.25, 0.3) is 0 Å². The van der Waals surface area contributed by atoms with Crippen molar-refractivity contribution in [3.63, 3.8) is 0 Å². The van der Waals surface area contributed by atoms with E-state index in [4.69, 9.17) is 16.3 Å². The molecule has 0 aliphatic heterocycles. The number of rotatable bonds is 5. The second-order valence-corrected chi connectivity index (χ2v) is 5.25. The minimum absolute atomic E-state index is 0.0631. The fraction of sp³-hybridized carbons (Fsp3) is 0.176. The number of carbonyl (C=O) groups excluding carboxylic acids is 2. The van der Waals surface area contributed by atoms with Gasteiger partial charge in [-0.3, -0.25) is 4.79 Å². The van der Waals surface area contributed by atoms with E-state index in [1.54, 1.807) is 0 Å². The summed E-state index contributed by atoms with van der Waals surface area (Å²) >= 11 is 5.79. The molecule has 0 saturated carbocycles. The molecule has 23 heavy (non-hydrogen) atoms. The summed E-state index contributed by atoms with van der Waals surface area (Å²) in [7, 11) is 0. The van der Waals surface area contributed by atoms with Crippen molar-refractivity contribution in [1.82, 2.24) is 5.32 Å². The lowest BCUT2D eigenvalue weighted by atomic mass is 10.2. The van der Waals surface area contributed by atoms with E-state index >= 15 is 0 Å². The van der Waals surface area contributed by atoms with Crippen LogP contribution in [0.5, 0.6) is 0 Å². The molecule has 0 aliphatic carbocycles. The second kappa shape index (κ2) is 7.74. The standard InChI is InChI=1S/C17H15ClFNO3/c1-11(16(21)20-10-12-6-3-2-4-7-12)23-17(22)15-13(18)8-5-9-14(15)19/h2-9,11H,10H2,1H3,(H,20,21)/t11-/m1/s1. The molecule has 1 N–H and O–H groups in total. The molecule has 2 rings (SSSR count). The summed E-state index contributed by atoms with van der Waals surface area (Å²) in [6.45, 7) is 1.72. The Morgan fingerprint density at radius 1 is 1.17 bits per heavy atom. The van der Waals surface area contributed by atoms with Crippen LogP contribution in [0.2, 0.25) is 5.02 Å². The number of amides is 1. The van der Waals surface area contributed by atoms with Gasteiger partial charge in [0.05, 0.1) is 5.02 Å². The highest BCUT2D eigenvalue weighted by Crippen LogP contribution is 2.20. The van der Waals surface area contributed by atoms with Crippen LogP contribution in [-0.4, -0.2) is 18.0 Å². The summed E-state index contributed by atoms with van der Waals surface area (Å²) in [5.41, 5.74) is 0.536. The first kappa shape index (κ1) is 17.0. The summed E-state index contributed by atoms with van der Waals surface area (Å²) in [5, 5.41) is 2.58. The number of halogens is 2. The molecule has 0 bridgehead atoms. The number of esters is 1. The lowest BCUT2D eigenvalue weighted by Crippen LogP contribution is -2.35. The van der Waals surface area contributed by atoms with Crippen molar-refractivity contribution in [3.8, 4) is 0 Å². The van der Waals surface area contributed by atoms with Crippen LogP contribution in [0.3, 0.4) is 0 Å². The Bertz CT molecular complexity index is 686. The molecule has 0 radical (unpaired) electrons. The Morgan fingerprint density at radius 2 is 1.87 bits per heavy atom. The first-order valence-electron chi connectivity index (χ1n) is 6.95. The monoisotopic (exact) mass is 335 g/mol. The second-order valence-electron chi connectivity index (χ2n) is 4.85. The maximum Gasteiger partial charge on any atom is 0.343 e. The molecule has 0 aromatic heterocycles. The summed E-state index contributed by atoms with van der Waals surface area (Å²) < 4.78 is 18.6. The first-order valence-corrected chi connectivity index (χ1v) is 7.33. The number of nitrogens with one attached hydrogen (secondary N) is 1. The predicted molar refractivity (Wildman–Crippen MR) is 84.6 cm³/mol. The minimum atomic E-state index is -1.07. The molecule has 0 heterocycles. The van der Waals surface area contributed by atoms with E-state index in [2.05, 4.69) is 5.32 Å². The Morgan fingerprint density at radius 3 is 2.52 bits per heavy atom. The average molecular weight is 336 g/mol. The van der Waals surface area contributed by atoms with Crippen LogP contribution < -0.4 is 5.32 Å². The highest BCUT2D eigenvalue weighted by Gasteiger charge is 2.23. The number of carbonyl (C=O) groups is 2. The first-order chi connectivity index (χ1) is 11.0. The van der Waals surface area contributed by atoms with Gasteiger partial charge < -0.3 is 10.1 Å². The van der Waals surface area contributed by atoms with Gasteiger partial charge in [0.1, 0.15) is 11.4 Å². The minimum Gasteiger partial charge on any atom is -0.449 e. The Hall–Kier alpha value is -2.40. The molecule has 6 heteroatoms.